The lowest BCUT2D eigenvalue weighted by molar-refractivity contribution is -0.123. The quantitative estimate of drug-likeness (QED) is 0.259. The first-order chi connectivity index (χ1) is 14.0. The second-order valence-corrected chi connectivity index (χ2v) is 6.44. The Labute approximate surface area is 175 Å². The van der Waals surface area contributed by atoms with Gasteiger partial charge in [-0.1, -0.05) is 35.3 Å². The number of hydrazone groups is 1. The third-order valence-corrected chi connectivity index (χ3v) is 3.98. The Morgan fingerprint density at radius 3 is 2.72 bits per heavy atom. The predicted octanol–water partition coefficient (Wildman–Crippen LogP) is 4.33. The molecule has 1 amide bonds. The first-order valence-corrected chi connectivity index (χ1v) is 9.02. The Hall–Kier alpha value is -3.29. The number of carbonyl (C=O) groups is 2. The average Bonchev–Trinajstić information content (AvgIpc) is 3.23. The van der Waals surface area contributed by atoms with Crippen LogP contribution in [-0.4, -0.2) is 24.7 Å². The molecule has 3 rings (SSSR count). The van der Waals surface area contributed by atoms with Gasteiger partial charge in [0, 0.05) is 5.02 Å². The molecule has 0 saturated heterocycles. The molecule has 0 radical (unpaired) electrons. The summed E-state index contributed by atoms with van der Waals surface area (Å²) in [5.41, 5.74) is 2.94. The van der Waals surface area contributed by atoms with Crippen molar-refractivity contribution in [3.63, 3.8) is 0 Å². The third kappa shape index (κ3) is 6.10. The normalized spacial score (nSPS) is 10.7. The number of hydrogen-bond donors (Lipinski definition) is 1. The summed E-state index contributed by atoms with van der Waals surface area (Å²) in [4.78, 5) is 23.7. The largest absolute Gasteiger partial charge is 0.482 e. The van der Waals surface area contributed by atoms with Crippen molar-refractivity contribution >= 4 is 41.3 Å². The number of halogens is 2. The molecular weight excluding hydrogens is 419 g/mol. The molecule has 0 atom stereocenters. The number of hydrogen-bond acceptors (Lipinski definition) is 6. The number of furan rings is 1. The van der Waals surface area contributed by atoms with Crippen molar-refractivity contribution in [2.75, 3.05) is 6.61 Å². The minimum atomic E-state index is -0.615. The molecule has 0 saturated carbocycles. The fourth-order valence-electron chi connectivity index (χ4n) is 2.16. The number of carbonyl (C=O) groups excluding carboxylic acids is 2. The highest BCUT2D eigenvalue weighted by Crippen LogP contribution is 2.27. The number of amides is 1. The molecular formula is C20H14Cl2N2O5. The molecule has 1 heterocycles. The molecule has 9 heteroatoms. The van der Waals surface area contributed by atoms with Gasteiger partial charge in [-0.3, -0.25) is 4.79 Å². The Morgan fingerprint density at radius 1 is 1.10 bits per heavy atom. The van der Waals surface area contributed by atoms with Crippen molar-refractivity contribution < 1.29 is 23.5 Å². The van der Waals surface area contributed by atoms with E-state index in [1.54, 1.807) is 42.5 Å². The van der Waals surface area contributed by atoms with E-state index in [0.717, 1.165) is 0 Å². The minimum absolute atomic E-state index is 0.0946. The number of esters is 1. The highest BCUT2D eigenvalue weighted by Gasteiger charge is 2.11. The molecule has 0 bridgehead atoms. The molecule has 148 valence electrons. The van der Waals surface area contributed by atoms with Crippen LogP contribution < -0.4 is 14.9 Å². The summed E-state index contributed by atoms with van der Waals surface area (Å²) in [5, 5.41) is 4.61. The molecule has 3 aromatic rings. The van der Waals surface area contributed by atoms with E-state index < -0.39 is 11.9 Å². The van der Waals surface area contributed by atoms with Crippen molar-refractivity contribution in [1.82, 2.24) is 5.43 Å². The summed E-state index contributed by atoms with van der Waals surface area (Å²) in [6, 6.07) is 14.4. The van der Waals surface area contributed by atoms with E-state index >= 15 is 0 Å². The van der Waals surface area contributed by atoms with Crippen molar-refractivity contribution in [2.45, 2.75) is 0 Å². The second-order valence-electron chi connectivity index (χ2n) is 5.60. The van der Waals surface area contributed by atoms with Crippen molar-refractivity contribution in [3.8, 4) is 11.5 Å². The van der Waals surface area contributed by atoms with Gasteiger partial charge in [-0.05, 0) is 48.0 Å². The standard InChI is InChI=1S/C20H14Cl2N2O5/c21-14-6-7-17(16(22)10-14)28-12-19(25)24-23-11-13-3-1-4-15(9-13)29-20(26)18-5-2-8-27-18/h1-11H,12H2,(H,24,25)/b23-11+. The van der Waals surface area contributed by atoms with E-state index in [9.17, 15) is 9.59 Å². The zero-order chi connectivity index (χ0) is 20.6. The van der Waals surface area contributed by atoms with Crippen molar-refractivity contribution in [3.05, 3.63) is 82.2 Å². The van der Waals surface area contributed by atoms with Crippen LogP contribution in [0.15, 0.2) is 70.4 Å². The van der Waals surface area contributed by atoms with Crippen LogP contribution >= 0.6 is 23.2 Å². The minimum Gasteiger partial charge on any atom is -0.482 e. The second kappa shape index (κ2) is 9.77. The molecule has 29 heavy (non-hydrogen) atoms. The van der Waals surface area contributed by atoms with Gasteiger partial charge in [0.1, 0.15) is 11.5 Å². The van der Waals surface area contributed by atoms with Crippen LogP contribution in [0.5, 0.6) is 11.5 Å². The van der Waals surface area contributed by atoms with E-state index in [2.05, 4.69) is 10.5 Å². The summed E-state index contributed by atoms with van der Waals surface area (Å²) in [6.07, 6.45) is 2.78. The molecule has 0 aliphatic heterocycles. The molecule has 1 aromatic heterocycles. The van der Waals surface area contributed by atoms with Gasteiger partial charge in [-0.25, -0.2) is 10.2 Å². The van der Waals surface area contributed by atoms with Gasteiger partial charge in [0.15, 0.2) is 6.61 Å². The fourth-order valence-corrected chi connectivity index (χ4v) is 2.62. The lowest BCUT2D eigenvalue weighted by Gasteiger charge is -2.07. The third-order valence-electron chi connectivity index (χ3n) is 3.45. The van der Waals surface area contributed by atoms with Crippen LogP contribution in [0.1, 0.15) is 16.1 Å². The highest BCUT2D eigenvalue weighted by atomic mass is 35.5. The number of nitrogens with one attached hydrogen (secondary N) is 1. The fraction of sp³-hybridized carbons (Fsp3) is 0.0500. The van der Waals surface area contributed by atoms with Gasteiger partial charge >= 0.3 is 5.97 Å². The average molecular weight is 433 g/mol. The molecule has 0 fully saturated rings. The molecule has 7 nitrogen and oxygen atoms in total. The van der Waals surface area contributed by atoms with Crippen LogP contribution in [-0.2, 0) is 4.79 Å². The zero-order valence-electron chi connectivity index (χ0n) is 14.8. The molecule has 0 unspecified atom stereocenters. The summed E-state index contributed by atoms with van der Waals surface area (Å²) >= 11 is 11.8. The van der Waals surface area contributed by atoms with Crippen LogP contribution in [0.4, 0.5) is 0 Å². The van der Waals surface area contributed by atoms with Gasteiger partial charge in [-0.2, -0.15) is 5.10 Å². The summed E-state index contributed by atoms with van der Waals surface area (Å²) < 4.78 is 15.5. The number of ether oxygens (including phenoxy) is 2. The van der Waals surface area contributed by atoms with E-state index in [1.807, 2.05) is 0 Å². The zero-order valence-corrected chi connectivity index (χ0v) is 16.3. The maximum atomic E-state index is 11.9. The summed E-state index contributed by atoms with van der Waals surface area (Å²) in [6.45, 7) is -0.278. The van der Waals surface area contributed by atoms with Gasteiger partial charge < -0.3 is 13.9 Å². The lowest BCUT2D eigenvalue weighted by atomic mass is 10.2. The van der Waals surface area contributed by atoms with Gasteiger partial charge in [0.05, 0.1) is 17.5 Å². The molecule has 0 aliphatic rings. The van der Waals surface area contributed by atoms with E-state index in [4.69, 9.17) is 37.1 Å². The maximum absolute atomic E-state index is 11.9. The SMILES string of the molecule is O=C(COc1ccc(Cl)cc1Cl)N/N=C/c1cccc(OC(=O)c2ccco2)c1. The number of rotatable bonds is 7. The maximum Gasteiger partial charge on any atom is 0.379 e. The monoisotopic (exact) mass is 432 g/mol. The van der Waals surface area contributed by atoms with Gasteiger partial charge in [-0.15, -0.1) is 0 Å². The van der Waals surface area contributed by atoms with E-state index in [-0.39, 0.29) is 12.4 Å². The molecule has 1 N–H and O–H groups in total. The van der Waals surface area contributed by atoms with E-state index in [0.29, 0.717) is 27.1 Å². The Kier molecular flexibility index (Phi) is 6.89. The molecule has 0 spiro atoms. The first-order valence-electron chi connectivity index (χ1n) is 8.27. The highest BCUT2D eigenvalue weighted by molar-refractivity contribution is 6.35. The topological polar surface area (TPSA) is 90.1 Å². The van der Waals surface area contributed by atoms with Crippen LogP contribution in [0.3, 0.4) is 0 Å². The van der Waals surface area contributed by atoms with Crippen LogP contribution in [0.25, 0.3) is 0 Å². The smallest absolute Gasteiger partial charge is 0.379 e. The van der Waals surface area contributed by atoms with Crippen LogP contribution in [0.2, 0.25) is 10.0 Å². The molecule has 0 aliphatic carbocycles. The predicted molar refractivity (Wildman–Crippen MR) is 108 cm³/mol. The Morgan fingerprint density at radius 2 is 1.97 bits per heavy atom. The Balaban J connectivity index is 1.50. The van der Waals surface area contributed by atoms with Gasteiger partial charge in [0.25, 0.3) is 5.91 Å². The van der Waals surface area contributed by atoms with Crippen molar-refractivity contribution in [2.24, 2.45) is 5.10 Å². The first kappa shape index (κ1) is 20.4. The number of benzene rings is 2. The van der Waals surface area contributed by atoms with Crippen LogP contribution in [0, 0.1) is 0 Å². The Bertz CT molecular complexity index is 1040. The van der Waals surface area contributed by atoms with Gasteiger partial charge in [0.2, 0.25) is 5.76 Å². The number of nitrogens with zero attached hydrogens (tertiary/aromatic N) is 1. The van der Waals surface area contributed by atoms with Crippen molar-refractivity contribution in [1.29, 1.82) is 0 Å². The molecule has 2 aromatic carbocycles. The van der Waals surface area contributed by atoms with E-state index in [1.165, 1.54) is 24.6 Å². The lowest BCUT2D eigenvalue weighted by Crippen LogP contribution is -2.24. The summed E-state index contributed by atoms with van der Waals surface area (Å²) in [5.74, 6) is -0.358. The summed E-state index contributed by atoms with van der Waals surface area (Å²) in [7, 11) is 0.